The summed E-state index contributed by atoms with van der Waals surface area (Å²) in [6.07, 6.45) is 2.14. The van der Waals surface area contributed by atoms with E-state index in [1.807, 2.05) is 7.05 Å². The number of halogens is 4. The number of likely N-dealkylation sites (N-methyl/N-ethyl adjacent to an activating group) is 1. The van der Waals surface area contributed by atoms with Crippen molar-refractivity contribution in [3.8, 4) is 0 Å². The van der Waals surface area contributed by atoms with E-state index in [1.165, 1.54) is 30.5 Å². The SMILES string of the molecule is CN1CCCN(c2c(F)cc(C(=O)Nc3ccc(Cl)cc3C(=O)Nc3ccc(Cl)cn3)cc2F)CC1. The molecule has 0 bridgehead atoms. The maximum absolute atomic E-state index is 15.0. The van der Waals surface area contributed by atoms with Crippen LogP contribution in [0.2, 0.25) is 10.0 Å². The molecule has 0 spiro atoms. The van der Waals surface area contributed by atoms with Gasteiger partial charge in [-0.3, -0.25) is 9.59 Å². The van der Waals surface area contributed by atoms with Crippen molar-refractivity contribution in [3.63, 3.8) is 0 Å². The number of carbonyl (C=O) groups excluding carboxylic acids is 2. The van der Waals surface area contributed by atoms with Gasteiger partial charge in [-0.1, -0.05) is 23.2 Å². The average Bonchev–Trinajstić information content (AvgIpc) is 3.05. The maximum atomic E-state index is 15.0. The summed E-state index contributed by atoms with van der Waals surface area (Å²) in [7, 11) is 1.96. The van der Waals surface area contributed by atoms with E-state index in [0.29, 0.717) is 24.7 Å². The molecule has 0 unspecified atom stereocenters. The summed E-state index contributed by atoms with van der Waals surface area (Å²) in [5, 5.41) is 5.79. The molecular weight excluding hydrogens is 511 g/mol. The van der Waals surface area contributed by atoms with Gasteiger partial charge < -0.3 is 20.4 Å². The molecule has 1 saturated heterocycles. The first-order valence-corrected chi connectivity index (χ1v) is 11.9. The lowest BCUT2D eigenvalue weighted by molar-refractivity contribution is 0.102. The number of hydrogen-bond acceptors (Lipinski definition) is 5. The third-order valence-corrected chi connectivity index (χ3v) is 6.22. The molecule has 7 nitrogen and oxygen atoms in total. The first kappa shape index (κ1) is 25.8. The maximum Gasteiger partial charge on any atom is 0.258 e. The zero-order chi connectivity index (χ0) is 25.8. The minimum atomic E-state index is -0.826. The third-order valence-electron chi connectivity index (χ3n) is 5.76. The van der Waals surface area contributed by atoms with E-state index in [1.54, 1.807) is 11.0 Å². The summed E-state index contributed by atoms with van der Waals surface area (Å²) in [5.41, 5.74) is -0.222. The number of amides is 2. The molecule has 0 radical (unpaired) electrons. The largest absolute Gasteiger partial charge is 0.365 e. The zero-order valence-corrected chi connectivity index (χ0v) is 20.8. The monoisotopic (exact) mass is 533 g/mol. The molecule has 2 heterocycles. The molecule has 1 aliphatic rings. The second-order valence-corrected chi connectivity index (χ2v) is 9.27. The second-order valence-electron chi connectivity index (χ2n) is 8.39. The number of pyridine rings is 1. The van der Waals surface area contributed by atoms with Gasteiger partial charge in [-0.15, -0.1) is 0 Å². The topological polar surface area (TPSA) is 77.6 Å². The molecule has 2 amide bonds. The first-order valence-electron chi connectivity index (χ1n) is 11.2. The van der Waals surface area contributed by atoms with Gasteiger partial charge in [0.05, 0.1) is 16.3 Å². The number of nitrogens with zero attached hydrogens (tertiary/aromatic N) is 3. The number of hydrogen-bond donors (Lipinski definition) is 2. The van der Waals surface area contributed by atoms with Crippen molar-refractivity contribution in [2.75, 3.05) is 48.8 Å². The molecule has 1 fully saturated rings. The molecule has 0 aliphatic carbocycles. The summed E-state index contributed by atoms with van der Waals surface area (Å²) in [4.78, 5) is 33.5. The Morgan fingerprint density at radius 3 is 2.31 bits per heavy atom. The van der Waals surface area contributed by atoms with Crippen LogP contribution in [0.4, 0.5) is 26.0 Å². The predicted molar refractivity (Wildman–Crippen MR) is 137 cm³/mol. The summed E-state index contributed by atoms with van der Waals surface area (Å²) < 4.78 is 30.0. The van der Waals surface area contributed by atoms with Gasteiger partial charge in [0.25, 0.3) is 11.8 Å². The molecule has 4 rings (SSSR count). The minimum absolute atomic E-state index is 0.0406. The first-order chi connectivity index (χ1) is 17.2. The molecule has 3 aromatic rings. The number of carbonyl (C=O) groups is 2. The van der Waals surface area contributed by atoms with Crippen molar-refractivity contribution in [3.05, 3.63) is 81.5 Å². The average molecular weight is 534 g/mol. The van der Waals surface area contributed by atoms with Crippen LogP contribution in [0.5, 0.6) is 0 Å². The number of anilines is 3. The van der Waals surface area contributed by atoms with E-state index in [4.69, 9.17) is 23.2 Å². The molecule has 1 aliphatic heterocycles. The summed E-state index contributed by atoms with van der Waals surface area (Å²) in [6.45, 7) is 2.50. The van der Waals surface area contributed by atoms with Crippen LogP contribution >= 0.6 is 23.2 Å². The van der Waals surface area contributed by atoms with Crippen molar-refractivity contribution in [1.82, 2.24) is 9.88 Å². The lowest BCUT2D eigenvalue weighted by Crippen LogP contribution is -2.30. The van der Waals surface area contributed by atoms with Crippen molar-refractivity contribution in [2.45, 2.75) is 6.42 Å². The highest BCUT2D eigenvalue weighted by atomic mass is 35.5. The number of nitrogens with one attached hydrogen (secondary N) is 2. The highest BCUT2D eigenvalue weighted by molar-refractivity contribution is 6.31. The normalized spacial score (nSPS) is 14.3. The zero-order valence-electron chi connectivity index (χ0n) is 19.3. The minimum Gasteiger partial charge on any atom is -0.365 e. The Hall–Kier alpha value is -3.27. The summed E-state index contributed by atoms with van der Waals surface area (Å²) >= 11 is 11.9. The van der Waals surface area contributed by atoms with Gasteiger partial charge in [-0.25, -0.2) is 13.8 Å². The Balaban J connectivity index is 1.55. The van der Waals surface area contributed by atoms with Crippen LogP contribution in [0, 0.1) is 11.6 Å². The molecule has 2 N–H and O–H groups in total. The molecule has 1 aromatic heterocycles. The number of benzene rings is 2. The van der Waals surface area contributed by atoms with Crippen LogP contribution < -0.4 is 15.5 Å². The summed E-state index contributed by atoms with van der Waals surface area (Å²) in [5.74, 6) is -2.79. The fraction of sp³-hybridized carbons (Fsp3) is 0.240. The third kappa shape index (κ3) is 6.10. The smallest absolute Gasteiger partial charge is 0.258 e. The van der Waals surface area contributed by atoms with Gasteiger partial charge >= 0.3 is 0 Å². The van der Waals surface area contributed by atoms with Crippen molar-refractivity contribution < 1.29 is 18.4 Å². The number of rotatable bonds is 5. The van der Waals surface area contributed by atoms with E-state index in [-0.39, 0.29) is 33.3 Å². The molecule has 36 heavy (non-hydrogen) atoms. The van der Waals surface area contributed by atoms with E-state index >= 15 is 0 Å². The van der Waals surface area contributed by atoms with Crippen molar-refractivity contribution in [2.24, 2.45) is 0 Å². The van der Waals surface area contributed by atoms with Crippen molar-refractivity contribution in [1.29, 1.82) is 0 Å². The Kier molecular flexibility index (Phi) is 8.03. The van der Waals surface area contributed by atoms with Crippen LogP contribution in [-0.2, 0) is 0 Å². The molecule has 11 heteroatoms. The van der Waals surface area contributed by atoms with Gasteiger partial charge in [-0.05, 0) is 62.5 Å². The van der Waals surface area contributed by atoms with Gasteiger partial charge in [0.15, 0.2) is 0 Å². The molecule has 188 valence electrons. The molecular formula is C25H23Cl2F2N5O2. The van der Waals surface area contributed by atoms with E-state index in [2.05, 4.69) is 20.5 Å². The molecule has 2 aromatic carbocycles. The van der Waals surface area contributed by atoms with E-state index < -0.39 is 23.4 Å². The molecule has 0 saturated carbocycles. The fourth-order valence-electron chi connectivity index (χ4n) is 3.91. The lowest BCUT2D eigenvalue weighted by atomic mass is 10.1. The second kappa shape index (κ2) is 11.2. The van der Waals surface area contributed by atoms with Gasteiger partial charge in [0, 0.05) is 36.4 Å². The predicted octanol–water partition coefficient (Wildman–Crippen LogP) is 5.31. The van der Waals surface area contributed by atoms with Crippen LogP contribution in [0.3, 0.4) is 0 Å². The highest BCUT2D eigenvalue weighted by Crippen LogP contribution is 2.28. The van der Waals surface area contributed by atoms with E-state index in [0.717, 1.165) is 25.1 Å². The van der Waals surface area contributed by atoms with Crippen LogP contribution in [0.15, 0.2) is 48.7 Å². The van der Waals surface area contributed by atoms with Crippen molar-refractivity contribution >= 4 is 52.2 Å². The van der Waals surface area contributed by atoms with Gasteiger partial charge in [-0.2, -0.15) is 0 Å². The Morgan fingerprint density at radius 1 is 0.889 bits per heavy atom. The Morgan fingerprint density at radius 2 is 1.61 bits per heavy atom. The van der Waals surface area contributed by atoms with Crippen LogP contribution in [0.25, 0.3) is 0 Å². The van der Waals surface area contributed by atoms with Gasteiger partial charge in [0.1, 0.15) is 23.1 Å². The standard InChI is InChI=1S/C25H23Cl2F2N5O2/c1-33-7-2-8-34(10-9-33)23-19(28)11-15(12-20(23)29)24(35)31-21-5-3-16(26)13-18(21)25(36)32-22-6-4-17(27)14-30-22/h3-6,11-14H,2,7-10H2,1H3,(H,31,35)(H,30,32,36). The van der Waals surface area contributed by atoms with E-state index in [9.17, 15) is 18.4 Å². The van der Waals surface area contributed by atoms with Crippen LogP contribution in [-0.4, -0.2) is 54.9 Å². The summed E-state index contributed by atoms with van der Waals surface area (Å²) in [6, 6.07) is 9.34. The fourth-order valence-corrected chi connectivity index (χ4v) is 4.19. The van der Waals surface area contributed by atoms with Crippen LogP contribution in [0.1, 0.15) is 27.1 Å². The number of aromatic nitrogens is 1. The Labute approximate surface area is 217 Å². The van der Waals surface area contributed by atoms with Gasteiger partial charge in [0.2, 0.25) is 0 Å². The Bertz CT molecular complexity index is 1270. The molecule has 0 atom stereocenters. The lowest BCUT2D eigenvalue weighted by Gasteiger charge is -2.24. The quantitative estimate of drug-likeness (QED) is 0.464. The highest BCUT2D eigenvalue weighted by Gasteiger charge is 2.23.